The molecular formula is C21H18FN5O. The quantitative estimate of drug-likeness (QED) is 0.559. The second kappa shape index (κ2) is 7.48. The summed E-state index contributed by atoms with van der Waals surface area (Å²) in [5, 5.41) is 9.69. The molecule has 2 aromatic carbocycles. The predicted octanol–water partition coefficient (Wildman–Crippen LogP) is 3.64. The lowest BCUT2D eigenvalue weighted by Crippen LogP contribution is -2.23. The molecule has 6 nitrogen and oxygen atoms in total. The van der Waals surface area contributed by atoms with Gasteiger partial charge in [-0.1, -0.05) is 36.4 Å². The van der Waals surface area contributed by atoms with Crippen molar-refractivity contribution in [3.63, 3.8) is 0 Å². The van der Waals surface area contributed by atoms with E-state index < -0.39 is 0 Å². The first-order valence-corrected chi connectivity index (χ1v) is 8.79. The molecule has 2 aromatic heterocycles. The fourth-order valence-electron chi connectivity index (χ4n) is 2.96. The van der Waals surface area contributed by atoms with Crippen LogP contribution in [0.3, 0.4) is 0 Å². The van der Waals surface area contributed by atoms with Crippen LogP contribution in [0.15, 0.2) is 67.0 Å². The van der Waals surface area contributed by atoms with Crippen molar-refractivity contribution in [3.05, 3.63) is 89.9 Å². The van der Waals surface area contributed by atoms with Crippen molar-refractivity contribution in [1.29, 1.82) is 0 Å². The number of benzene rings is 2. The predicted molar refractivity (Wildman–Crippen MR) is 103 cm³/mol. The van der Waals surface area contributed by atoms with Crippen molar-refractivity contribution < 1.29 is 9.18 Å². The summed E-state index contributed by atoms with van der Waals surface area (Å²) < 4.78 is 16.1. The lowest BCUT2D eigenvalue weighted by Gasteiger charge is -2.09. The van der Waals surface area contributed by atoms with E-state index in [1.807, 2.05) is 37.3 Å². The van der Waals surface area contributed by atoms with Crippen molar-refractivity contribution in [2.24, 2.45) is 0 Å². The van der Waals surface area contributed by atoms with Crippen LogP contribution in [0, 0.1) is 12.7 Å². The standard InChI is InChI=1S/C21H18FN5O/c1-14-23-9-10-27(14)20-8-7-15(11-17(20)22)13-24-21(28)19-12-18(25-26-19)16-5-3-2-4-6-16/h2-12H,13H2,1H3,(H,24,28)(H,25,26). The SMILES string of the molecule is Cc1nccn1-c1ccc(CNC(=O)c2cc(-c3ccccc3)n[nH]2)cc1F. The fraction of sp³-hybridized carbons (Fsp3) is 0.0952. The second-order valence-electron chi connectivity index (χ2n) is 6.35. The Morgan fingerprint density at radius 1 is 1.18 bits per heavy atom. The minimum absolute atomic E-state index is 0.207. The molecule has 0 radical (unpaired) electrons. The average molecular weight is 375 g/mol. The lowest BCUT2D eigenvalue weighted by atomic mass is 10.1. The number of aromatic nitrogens is 4. The summed E-state index contributed by atoms with van der Waals surface area (Å²) in [6.45, 7) is 2.01. The van der Waals surface area contributed by atoms with E-state index in [0.717, 1.165) is 5.56 Å². The number of hydrogen-bond acceptors (Lipinski definition) is 3. The number of nitrogens with one attached hydrogen (secondary N) is 2. The minimum Gasteiger partial charge on any atom is -0.347 e. The molecule has 2 heterocycles. The van der Waals surface area contributed by atoms with Crippen LogP contribution >= 0.6 is 0 Å². The molecular weight excluding hydrogens is 357 g/mol. The van der Waals surface area contributed by atoms with Gasteiger partial charge >= 0.3 is 0 Å². The third-order valence-corrected chi connectivity index (χ3v) is 4.44. The molecule has 2 N–H and O–H groups in total. The summed E-state index contributed by atoms with van der Waals surface area (Å²) in [6.07, 6.45) is 3.33. The zero-order chi connectivity index (χ0) is 19.5. The Morgan fingerprint density at radius 3 is 2.71 bits per heavy atom. The van der Waals surface area contributed by atoms with Gasteiger partial charge in [-0.3, -0.25) is 9.89 Å². The number of nitrogens with zero attached hydrogens (tertiary/aromatic N) is 3. The van der Waals surface area contributed by atoms with Gasteiger partial charge in [-0.25, -0.2) is 9.37 Å². The van der Waals surface area contributed by atoms with E-state index in [2.05, 4.69) is 20.5 Å². The van der Waals surface area contributed by atoms with Gasteiger partial charge in [0.2, 0.25) is 0 Å². The van der Waals surface area contributed by atoms with Crippen LogP contribution < -0.4 is 5.32 Å². The zero-order valence-corrected chi connectivity index (χ0v) is 15.2. The maximum Gasteiger partial charge on any atom is 0.269 e. The topological polar surface area (TPSA) is 75.6 Å². The van der Waals surface area contributed by atoms with Crippen LogP contribution in [0.1, 0.15) is 21.9 Å². The highest BCUT2D eigenvalue weighted by atomic mass is 19.1. The molecule has 28 heavy (non-hydrogen) atoms. The molecule has 0 spiro atoms. The Bertz CT molecular complexity index is 1120. The smallest absolute Gasteiger partial charge is 0.269 e. The number of carbonyl (C=O) groups excluding carboxylic acids is 1. The van der Waals surface area contributed by atoms with Gasteiger partial charge in [0.15, 0.2) is 0 Å². The number of aromatic amines is 1. The summed E-state index contributed by atoms with van der Waals surface area (Å²) in [5.41, 5.74) is 3.05. The molecule has 0 aliphatic rings. The van der Waals surface area contributed by atoms with E-state index in [1.54, 1.807) is 35.2 Å². The highest BCUT2D eigenvalue weighted by molar-refractivity contribution is 5.93. The molecule has 0 unspecified atom stereocenters. The molecule has 140 valence electrons. The monoisotopic (exact) mass is 375 g/mol. The highest BCUT2D eigenvalue weighted by Crippen LogP contribution is 2.18. The van der Waals surface area contributed by atoms with Crippen LogP contribution in [0.4, 0.5) is 4.39 Å². The van der Waals surface area contributed by atoms with Crippen molar-refractivity contribution >= 4 is 5.91 Å². The van der Waals surface area contributed by atoms with Gasteiger partial charge in [-0.15, -0.1) is 0 Å². The van der Waals surface area contributed by atoms with Crippen molar-refractivity contribution in [2.75, 3.05) is 0 Å². The molecule has 4 rings (SSSR count). The number of H-pyrrole nitrogens is 1. The van der Waals surface area contributed by atoms with Gasteiger partial charge in [0, 0.05) is 24.5 Å². The summed E-state index contributed by atoms with van der Waals surface area (Å²) in [7, 11) is 0. The van der Waals surface area contributed by atoms with Crippen LogP contribution in [0.5, 0.6) is 0 Å². The first kappa shape index (κ1) is 17.7. The Morgan fingerprint density at radius 2 is 2.00 bits per heavy atom. The molecule has 0 fully saturated rings. The number of aryl methyl sites for hydroxylation is 1. The molecule has 0 saturated carbocycles. The zero-order valence-electron chi connectivity index (χ0n) is 15.2. The maximum absolute atomic E-state index is 14.5. The number of halogens is 1. The summed E-state index contributed by atoms with van der Waals surface area (Å²) >= 11 is 0. The molecule has 0 atom stereocenters. The van der Waals surface area contributed by atoms with Crippen molar-refractivity contribution in [2.45, 2.75) is 13.5 Å². The van der Waals surface area contributed by atoms with E-state index in [0.29, 0.717) is 28.5 Å². The Labute approximate surface area is 161 Å². The van der Waals surface area contributed by atoms with Gasteiger partial charge in [0.1, 0.15) is 17.3 Å². The van der Waals surface area contributed by atoms with Crippen molar-refractivity contribution in [3.8, 4) is 16.9 Å². The van der Waals surface area contributed by atoms with E-state index in [-0.39, 0.29) is 18.3 Å². The molecule has 1 amide bonds. The number of carbonyl (C=O) groups is 1. The number of rotatable bonds is 5. The minimum atomic E-state index is -0.374. The van der Waals surface area contributed by atoms with E-state index in [9.17, 15) is 9.18 Å². The summed E-state index contributed by atoms with van der Waals surface area (Å²) in [5.74, 6) is 0.0267. The summed E-state index contributed by atoms with van der Waals surface area (Å²) in [4.78, 5) is 16.5. The van der Waals surface area contributed by atoms with Crippen LogP contribution in [-0.4, -0.2) is 25.7 Å². The number of imidazole rings is 1. The normalized spacial score (nSPS) is 10.8. The van der Waals surface area contributed by atoms with Gasteiger partial charge in [-0.05, 0) is 30.7 Å². The van der Waals surface area contributed by atoms with Crippen molar-refractivity contribution in [1.82, 2.24) is 25.1 Å². The van der Waals surface area contributed by atoms with E-state index in [4.69, 9.17) is 0 Å². The maximum atomic E-state index is 14.5. The summed E-state index contributed by atoms with van der Waals surface area (Å²) in [6, 6.07) is 16.1. The van der Waals surface area contributed by atoms with Gasteiger partial charge in [0.25, 0.3) is 5.91 Å². The van der Waals surface area contributed by atoms with E-state index in [1.165, 1.54) is 6.07 Å². The number of amides is 1. The third kappa shape index (κ3) is 3.55. The molecule has 0 aliphatic carbocycles. The molecule has 0 saturated heterocycles. The number of hydrogen-bond donors (Lipinski definition) is 2. The average Bonchev–Trinajstić information content (AvgIpc) is 3.36. The van der Waals surface area contributed by atoms with Crippen LogP contribution in [0.2, 0.25) is 0 Å². The molecule has 0 aliphatic heterocycles. The van der Waals surface area contributed by atoms with Gasteiger partial charge in [0.05, 0.1) is 11.4 Å². The van der Waals surface area contributed by atoms with Crippen LogP contribution in [-0.2, 0) is 6.54 Å². The van der Waals surface area contributed by atoms with Crippen LogP contribution in [0.25, 0.3) is 16.9 Å². The molecule has 0 bridgehead atoms. The molecule has 7 heteroatoms. The second-order valence-corrected chi connectivity index (χ2v) is 6.35. The molecule has 4 aromatic rings. The van der Waals surface area contributed by atoms with E-state index >= 15 is 0 Å². The largest absolute Gasteiger partial charge is 0.347 e. The Kier molecular flexibility index (Phi) is 4.72. The fourth-order valence-corrected chi connectivity index (χ4v) is 2.96. The van der Waals surface area contributed by atoms with Gasteiger partial charge < -0.3 is 9.88 Å². The third-order valence-electron chi connectivity index (χ3n) is 4.44. The van der Waals surface area contributed by atoms with Gasteiger partial charge in [-0.2, -0.15) is 5.10 Å². The lowest BCUT2D eigenvalue weighted by molar-refractivity contribution is 0.0946. The first-order chi connectivity index (χ1) is 13.6. The Hall–Kier alpha value is -3.74. The first-order valence-electron chi connectivity index (χ1n) is 8.79. The highest BCUT2D eigenvalue weighted by Gasteiger charge is 2.12. The Balaban J connectivity index is 1.43.